The van der Waals surface area contributed by atoms with Crippen molar-refractivity contribution in [3.63, 3.8) is 0 Å². The van der Waals surface area contributed by atoms with Gasteiger partial charge in [0.2, 0.25) is 0 Å². The van der Waals surface area contributed by atoms with Gasteiger partial charge in [-0.3, -0.25) is 4.79 Å². The van der Waals surface area contributed by atoms with Crippen LogP contribution in [0.15, 0.2) is 30.5 Å². The number of aromatic nitrogens is 3. The molecule has 0 saturated heterocycles. The molecule has 2 rings (SSSR count). The molecule has 0 saturated carbocycles. The number of unbranched alkanes of at least 4 members (excludes halogenated alkanes) is 1. The molecule has 4 amide bonds. The van der Waals surface area contributed by atoms with Crippen LogP contribution in [-0.4, -0.2) is 81.2 Å². The SMILES string of the molecule is O=C(O)CCCNC(=O)NC(CCCCNC(=O)Nc1ccc(-c2cn(CC[18F])nn2)cc1)C(=O)O.O=C=O. The van der Waals surface area contributed by atoms with Gasteiger partial charge in [-0.05, 0) is 37.8 Å². The van der Waals surface area contributed by atoms with Crippen molar-refractivity contribution in [2.75, 3.05) is 25.1 Å². The highest BCUT2D eigenvalue weighted by Crippen LogP contribution is 2.19. The fraction of sp³-hybridized carbons (Fsp3) is 0.435. The highest BCUT2D eigenvalue weighted by Gasteiger charge is 2.19. The third kappa shape index (κ3) is 13.9. The van der Waals surface area contributed by atoms with E-state index in [2.05, 4.69) is 31.6 Å². The fourth-order valence-corrected chi connectivity index (χ4v) is 3.11. The van der Waals surface area contributed by atoms with Crippen LogP contribution in [0.3, 0.4) is 0 Å². The van der Waals surface area contributed by atoms with E-state index in [4.69, 9.17) is 14.7 Å². The van der Waals surface area contributed by atoms with Crippen molar-refractivity contribution in [2.45, 2.75) is 44.7 Å². The highest BCUT2D eigenvalue weighted by molar-refractivity contribution is 5.89. The van der Waals surface area contributed by atoms with Crippen molar-refractivity contribution in [2.24, 2.45) is 0 Å². The first-order valence-corrected chi connectivity index (χ1v) is 11.8. The van der Waals surface area contributed by atoms with Crippen molar-refractivity contribution < 1.29 is 43.4 Å². The van der Waals surface area contributed by atoms with Crippen LogP contribution in [0.5, 0.6) is 0 Å². The van der Waals surface area contributed by atoms with E-state index in [1.54, 1.807) is 30.5 Å². The summed E-state index contributed by atoms with van der Waals surface area (Å²) >= 11 is 0. The van der Waals surface area contributed by atoms with Crippen LogP contribution in [0.1, 0.15) is 32.1 Å². The molecule has 1 atom stereocenters. The van der Waals surface area contributed by atoms with Crippen LogP contribution >= 0.6 is 0 Å². The van der Waals surface area contributed by atoms with E-state index in [1.165, 1.54) is 4.68 Å². The van der Waals surface area contributed by atoms with E-state index >= 15 is 0 Å². The van der Waals surface area contributed by atoms with Gasteiger partial charge in [0.25, 0.3) is 0 Å². The molecule has 16 heteroatoms. The molecule has 0 fully saturated rings. The number of hydrogen-bond donors (Lipinski definition) is 6. The van der Waals surface area contributed by atoms with Crippen LogP contribution in [0.2, 0.25) is 0 Å². The fourth-order valence-electron chi connectivity index (χ4n) is 3.11. The number of carboxylic acids is 2. The number of rotatable bonds is 15. The van der Waals surface area contributed by atoms with Gasteiger partial charge < -0.3 is 31.5 Å². The van der Waals surface area contributed by atoms with Crippen LogP contribution < -0.4 is 21.3 Å². The second-order valence-corrected chi connectivity index (χ2v) is 7.88. The molecule has 1 heterocycles. The summed E-state index contributed by atoms with van der Waals surface area (Å²) in [6, 6.07) is 4.68. The third-order valence-corrected chi connectivity index (χ3v) is 4.95. The Balaban J connectivity index is 0.00000242. The lowest BCUT2D eigenvalue weighted by molar-refractivity contribution is -0.191. The van der Waals surface area contributed by atoms with Crippen molar-refractivity contribution in [1.29, 1.82) is 0 Å². The average Bonchev–Trinajstić information content (AvgIpc) is 3.35. The molecule has 6 N–H and O–H groups in total. The van der Waals surface area contributed by atoms with Gasteiger partial charge in [-0.25, -0.2) is 23.5 Å². The number of carbonyl (C=O) groups is 4. The molecule has 1 aromatic heterocycles. The summed E-state index contributed by atoms with van der Waals surface area (Å²) in [5.41, 5.74) is 1.91. The molecule has 0 spiro atoms. The predicted molar refractivity (Wildman–Crippen MR) is 132 cm³/mol. The molecule has 0 aliphatic rings. The number of aliphatic carboxylic acids is 2. The van der Waals surface area contributed by atoms with Gasteiger partial charge in [-0.1, -0.05) is 17.3 Å². The molecule has 2 aromatic rings. The van der Waals surface area contributed by atoms with E-state index in [-0.39, 0.29) is 38.5 Å². The lowest BCUT2D eigenvalue weighted by Crippen LogP contribution is -2.46. The van der Waals surface area contributed by atoms with Crippen molar-refractivity contribution in [1.82, 2.24) is 30.9 Å². The van der Waals surface area contributed by atoms with Gasteiger partial charge in [0.15, 0.2) is 0 Å². The number of urea groups is 2. The molecule has 0 radical (unpaired) electrons. The molecule has 0 aliphatic carbocycles. The lowest BCUT2D eigenvalue weighted by Gasteiger charge is -2.15. The summed E-state index contributed by atoms with van der Waals surface area (Å²) in [7, 11) is 0. The van der Waals surface area contributed by atoms with Gasteiger partial charge in [0.05, 0.1) is 12.7 Å². The largest absolute Gasteiger partial charge is 0.481 e. The minimum absolute atomic E-state index is 0.0962. The van der Waals surface area contributed by atoms with Gasteiger partial charge in [0, 0.05) is 30.8 Å². The Labute approximate surface area is 222 Å². The maximum Gasteiger partial charge on any atom is 0.373 e. The Hall–Kier alpha value is -4.85. The van der Waals surface area contributed by atoms with Crippen molar-refractivity contribution in [3.05, 3.63) is 30.5 Å². The minimum atomic E-state index is -1.19. The van der Waals surface area contributed by atoms with E-state index in [0.29, 0.717) is 30.8 Å². The van der Waals surface area contributed by atoms with E-state index in [1.807, 2.05) is 0 Å². The Bertz CT molecular complexity index is 1100. The van der Waals surface area contributed by atoms with Gasteiger partial charge in [0.1, 0.15) is 18.4 Å². The second-order valence-electron chi connectivity index (χ2n) is 7.88. The molecular weight excluding hydrogens is 520 g/mol. The summed E-state index contributed by atoms with van der Waals surface area (Å²) < 4.78 is 13.8. The third-order valence-electron chi connectivity index (χ3n) is 4.95. The van der Waals surface area contributed by atoms with Crippen molar-refractivity contribution in [3.8, 4) is 11.3 Å². The maximum atomic E-state index is 12.4. The molecule has 212 valence electrons. The normalized spacial score (nSPS) is 10.7. The number of carboxylic acid groups (broad SMARTS) is 2. The number of aryl methyl sites for hydroxylation is 1. The summed E-state index contributed by atoms with van der Waals surface area (Å²) in [5.74, 6) is -2.16. The Morgan fingerprint density at radius 3 is 2.23 bits per heavy atom. The number of alkyl halides is 1. The van der Waals surface area contributed by atoms with E-state index in [0.717, 1.165) is 5.56 Å². The smallest absolute Gasteiger partial charge is 0.373 e. The first-order chi connectivity index (χ1) is 18.7. The van der Waals surface area contributed by atoms with Crippen LogP contribution in [0, 0.1) is 0 Å². The number of hydrogen-bond acceptors (Lipinski definition) is 8. The molecule has 0 aliphatic heterocycles. The van der Waals surface area contributed by atoms with Gasteiger partial charge >= 0.3 is 30.2 Å². The first-order valence-electron chi connectivity index (χ1n) is 11.8. The monoisotopic (exact) mass is 550 g/mol. The summed E-state index contributed by atoms with van der Waals surface area (Å²) in [6.45, 7) is 0.0158. The zero-order valence-electron chi connectivity index (χ0n) is 20.9. The number of amides is 4. The standard InChI is InChI=1S/C22H30FN7O6.CO2/c23-10-13-30-14-18(28-29-30)15-6-8-16(9-7-15)26-21(35)24-11-2-1-4-17(20(33)34)27-22(36)25-12-3-5-19(31)32;2-1-3/h6-9,14,17H,1-5,10-13H2,(H,31,32)(H,33,34)(H2,24,26,35)(H2,25,27,36);/i23-1;. The van der Waals surface area contributed by atoms with Crippen LogP contribution in [0.25, 0.3) is 11.3 Å². The topological polar surface area (TPSA) is 222 Å². The Kier molecular flexibility index (Phi) is 15.2. The number of halogens is 1. The van der Waals surface area contributed by atoms with E-state index in [9.17, 15) is 28.7 Å². The predicted octanol–water partition coefficient (Wildman–Crippen LogP) is 1.24. The maximum absolute atomic E-state index is 12.4. The number of anilines is 1. The minimum Gasteiger partial charge on any atom is -0.481 e. The number of nitrogens with one attached hydrogen (secondary N) is 4. The quantitative estimate of drug-likeness (QED) is 0.174. The average molecular weight is 551 g/mol. The zero-order chi connectivity index (χ0) is 29.0. The zero-order valence-corrected chi connectivity index (χ0v) is 20.9. The number of nitrogens with zero attached hydrogens (tertiary/aromatic N) is 3. The summed E-state index contributed by atoms with van der Waals surface area (Å²) in [5, 5.41) is 35.8. The molecule has 0 bridgehead atoms. The highest BCUT2D eigenvalue weighted by atomic mass is 18.2. The lowest BCUT2D eigenvalue weighted by atomic mass is 10.1. The first kappa shape index (κ1) is 32.2. The van der Waals surface area contributed by atoms with Crippen molar-refractivity contribution >= 4 is 35.8 Å². The Morgan fingerprint density at radius 2 is 1.62 bits per heavy atom. The summed E-state index contributed by atoms with van der Waals surface area (Å²) in [6.07, 6.45) is 3.12. The number of carbonyl (C=O) groups excluding carboxylic acids is 4. The molecule has 1 unspecified atom stereocenters. The van der Waals surface area contributed by atoms with Crippen LogP contribution in [0.4, 0.5) is 19.7 Å². The summed E-state index contributed by atoms with van der Waals surface area (Å²) in [4.78, 5) is 61.9. The molecule has 1 aromatic carbocycles. The number of benzene rings is 1. The molecule has 39 heavy (non-hydrogen) atoms. The van der Waals surface area contributed by atoms with E-state index < -0.39 is 36.7 Å². The Morgan fingerprint density at radius 1 is 0.974 bits per heavy atom. The second kappa shape index (κ2) is 18.4. The molecular formula is C23H30FN7O8. The van der Waals surface area contributed by atoms with Gasteiger partial charge in [-0.2, -0.15) is 9.59 Å². The molecule has 15 nitrogen and oxygen atoms in total. The van der Waals surface area contributed by atoms with Gasteiger partial charge in [-0.15, -0.1) is 5.10 Å². The van der Waals surface area contributed by atoms with Crippen LogP contribution in [-0.2, 0) is 25.7 Å².